The topological polar surface area (TPSA) is 27.3 Å². The molecule has 22 heavy (non-hydrogen) atoms. The van der Waals surface area contributed by atoms with E-state index in [-0.39, 0.29) is 0 Å². The van der Waals surface area contributed by atoms with E-state index in [4.69, 9.17) is 0 Å². The Morgan fingerprint density at radius 2 is 2.05 bits per heavy atom. The third kappa shape index (κ3) is 4.63. The summed E-state index contributed by atoms with van der Waals surface area (Å²) >= 11 is 0. The Morgan fingerprint density at radius 1 is 1.27 bits per heavy atom. The quantitative estimate of drug-likeness (QED) is 0.685. The standard InChI is InChI=1S/C19H29N3/c1-16(9-7-13-20-3)22-14-8-12-19(22)17(2)21-15-18-10-5-4-6-11-18/h4-6,10-11,19-21H,1-2,7-9,12-15H2,3H3. The van der Waals surface area contributed by atoms with Crippen molar-refractivity contribution in [1.82, 2.24) is 15.5 Å². The second-order valence-corrected chi connectivity index (χ2v) is 5.99. The molecular weight excluding hydrogens is 270 g/mol. The Balaban J connectivity index is 1.84. The predicted octanol–water partition coefficient (Wildman–Crippen LogP) is 3.27. The molecule has 3 nitrogen and oxygen atoms in total. The van der Waals surface area contributed by atoms with Gasteiger partial charge in [-0.2, -0.15) is 0 Å². The van der Waals surface area contributed by atoms with Crippen molar-refractivity contribution in [2.45, 2.75) is 38.3 Å². The van der Waals surface area contributed by atoms with E-state index in [0.29, 0.717) is 6.04 Å². The number of allylic oxidation sites excluding steroid dienone is 1. The molecule has 0 saturated carbocycles. The highest BCUT2D eigenvalue weighted by atomic mass is 15.2. The molecule has 0 radical (unpaired) electrons. The minimum absolute atomic E-state index is 0.394. The molecule has 0 spiro atoms. The zero-order chi connectivity index (χ0) is 15.8. The van der Waals surface area contributed by atoms with Crippen molar-refractivity contribution in [3.05, 3.63) is 60.4 Å². The molecule has 1 aliphatic rings. The lowest BCUT2D eigenvalue weighted by Gasteiger charge is -2.30. The average molecular weight is 299 g/mol. The van der Waals surface area contributed by atoms with Gasteiger partial charge in [-0.3, -0.25) is 0 Å². The minimum Gasteiger partial charge on any atom is -0.383 e. The Bertz CT molecular complexity index is 481. The van der Waals surface area contributed by atoms with Crippen LogP contribution in [0.25, 0.3) is 0 Å². The Morgan fingerprint density at radius 3 is 2.77 bits per heavy atom. The smallest absolute Gasteiger partial charge is 0.0679 e. The van der Waals surface area contributed by atoms with Crippen LogP contribution in [0, 0.1) is 0 Å². The van der Waals surface area contributed by atoms with Gasteiger partial charge in [0.05, 0.1) is 6.04 Å². The summed E-state index contributed by atoms with van der Waals surface area (Å²) in [5.74, 6) is 0. The van der Waals surface area contributed by atoms with Gasteiger partial charge in [0.15, 0.2) is 0 Å². The first kappa shape index (κ1) is 16.6. The molecule has 1 heterocycles. The van der Waals surface area contributed by atoms with Crippen molar-refractivity contribution >= 4 is 0 Å². The zero-order valence-electron chi connectivity index (χ0n) is 13.8. The van der Waals surface area contributed by atoms with Crippen molar-refractivity contribution in [1.29, 1.82) is 0 Å². The monoisotopic (exact) mass is 299 g/mol. The van der Waals surface area contributed by atoms with Gasteiger partial charge >= 0.3 is 0 Å². The van der Waals surface area contributed by atoms with E-state index >= 15 is 0 Å². The second kappa shape index (κ2) is 8.64. The lowest BCUT2D eigenvalue weighted by Crippen LogP contribution is -2.34. The van der Waals surface area contributed by atoms with Crippen LogP contribution < -0.4 is 10.6 Å². The van der Waals surface area contributed by atoms with E-state index in [9.17, 15) is 0 Å². The molecule has 0 aliphatic carbocycles. The maximum Gasteiger partial charge on any atom is 0.0679 e. The summed E-state index contributed by atoms with van der Waals surface area (Å²) in [4.78, 5) is 2.44. The van der Waals surface area contributed by atoms with E-state index in [1.54, 1.807) is 0 Å². The molecule has 3 heteroatoms. The van der Waals surface area contributed by atoms with Gasteiger partial charge in [-0.15, -0.1) is 0 Å². The van der Waals surface area contributed by atoms with Crippen LogP contribution >= 0.6 is 0 Å². The van der Waals surface area contributed by atoms with Gasteiger partial charge in [-0.1, -0.05) is 43.5 Å². The van der Waals surface area contributed by atoms with Gasteiger partial charge in [0.25, 0.3) is 0 Å². The predicted molar refractivity (Wildman–Crippen MR) is 94.5 cm³/mol. The molecule has 1 atom stereocenters. The maximum absolute atomic E-state index is 4.29. The van der Waals surface area contributed by atoms with Crippen LogP contribution in [0.2, 0.25) is 0 Å². The summed E-state index contributed by atoms with van der Waals surface area (Å²) in [6.45, 7) is 11.6. The zero-order valence-corrected chi connectivity index (χ0v) is 13.8. The van der Waals surface area contributed by atoms with Gasteiger partial charge in [0.1, 0.15) is 0 Å². The summed E-state index contributed by atoms with van der Waals surface area (Å²) < 4.78 is 0. The summed E-state index contributed by atoms with van der Waals surface area (Å²) in [5.41, 5.74) is 3.66. The molecule has 1 aromatic carbocycles. The lowest BCUT2D eigenvalue weighted by atomic mass is 10.1. The fourth-order valence-electron chi connectivity index (χ4n) is 3.05. The van der Waals surface area contributed by atoms with E-state index in [1.807, 2.05) is 13.1 Å². The number of nitrogens with zero attached hydrogens (tertiary/aromatic N) is 1. The molecule has 0 amide bonds. The molecule has 1 fully saturated rings. The molecule has 120 valence electrons. The van der Waals surface area contributed by atoms with Crippen LogP contribution in [0.3, 0.4) is 0 Å². The number of nitrogens with one attached hydrogen (secondary N) is 2. The van der Waals surface area contributed by atoms with Crippen LogP contribution in [0.5, 0.6) is 0 Å². The average Bonchev–Trinajstić information content (AvgIpc) is 3.03. The summed E-state index contributed by atoms with van der Waals surface area (Å²) in [6, 6.07) is 10.9. The Kier molecular flexibility index (Phi) is 6.53. The van der Waals surface area contributed by atoms with Crippen LogP contribution in [-0.4, -0.2) is 31.1 Å². The largest absolute Gasteiger partial charge is 0.383 e. The molecule has 2 N–H and O–H groups in total. The first-order valence-electron chi connectivity index (χ1n) is 8.28. The number of hydrogen-bond donors (Lipinski definition) is 2. The van der Waals surface area contributed by atoms with Gasteiger partial charge in [-0.05, 0) is 44.8 Å². The third-order valence-corrected chi connectivity index (χ3v) is 4.32. The van der Waals surface area contributed by atoms with Crippen LogP contribution in [0.15, 0.2) is 54.9 Å². The fourth-order valence-corrected chi connectivity index (χ4v) is 3.05. The number of likely N-dealkylation sites (tertiary alicyclic amines) is 1. The molecule has 1 unspecified atom stereocenters. The minimum atomic E-state index is 0.394. The van der Waals surface area contributed by atoms with E-state index < -0.39 is 0 Å². The second-order valence-electron chi connectivity index (χ2n) is 5.99. The van der Waals surface area contributed by atoms with Crippen LogP contribution in [0.1, 0.15) is 31.2 Å². The molecule has 0 bridgehead atoms. The highest BCUT2D eigenvalue weighted by Crippen LogP contribution is 2.27. The van der Waals surface area contributed by atoms with Crippen molar-refractivity contribution in [2.75, 3.05) is 20.1 Å². The van der Waals surface area contributed by atoms with Crippen LogP contribution in [-0.2, 0) is 6.54 Å². The summed E-state index contributed by atoms with van der Waals surface area (Å²) in [6.07, 6.45) is 4.60. The SMILES string of the molecule is C=C(NCc1ccccc1)C1CCCN1C(=C)CCCNC. The van der Waals surface area contributed by atoms with Crippen molar-refractivity contribution < 1.29 is 0 Å². The van der Waals surface area contributed by atoms with Gasteiger partial charge < -0.3 is 15.5 Å². The molecular formula is C19H29N3. The summed E-state index contributed by atoms with van der Waals surface area (Å²) in [7, 11) is 2.00. The molecule has 0 aromatic heterocycles. The Hall–Kier alpha value is -1.74. The van der Waals surface area contributed by atoms with Crippen molar-refractivity contribution in [3.8, 4) is 0 Å². The van der Waals surface area contributed by atoms with Gasteiger partial charge in [0, 0.05) is 24.5 Å². The lowest BCUT2D eigenvalue weighted by molar-refractivity contribution is 0.330. The van der Waals surface area contributed by atoms with Gasteiger partial charge in [0.2, 0.25) is 0 Å². The highest BCUT2D eigenvalue weighted by Gasteiger charge is 2.27. The molecule has 1 aromatic rings. The molecule has 2 rings (SSSR count). The van der Waals surface area contributed by atoms with Crippen molar-refractivity contribution in [3.63, 3.8) is 0 Å². The first-order chi connectivity index (χ1) is 10.7. The summed E-state index contributed by atoms with van der Waals surface area (Å²) in [5, 5.41) is 6.70. The van der Waals surface area contributed by atoms with E-state index in [0.717, 1.165) is 38.2 Å². The number of rotatable bonds is 9. The first-order valence-corrected chi connectivity index (χ1v) is 8.28. The number of benzene rings is 1. The van der Waals surface area contributed by atoms with E-state index in [2.05, 4.69) is 53.0 Å². The highest BCUT2D eigenvalue weighted by molar-refractivity contribution is 5.18. The molecule has 1 saturated heterocycles. The fraction of sp³-hybridized carbons (Fsp3) is 0.474. The third-order valence-electron chi connectivity index (χ3n) is 4.32. The van der Waals surface area contributed by atoms with Crippen molar-refractivity contribution in [2.24, 2.45) is 0 Å². The molecule has 1 aliphatic heterocycles. The maximum atomic E-state index is 4.29. The van der Waals surface area contributed by atoms with E-state index in [1.165, 1.54) is 24.1 Å². The van der Waals surface area contributed by atoms with Gasteiger partial charge in [-0.25, -0.2) is 0 Å². The normalized spacial score (nSPS) is 17.5. The Labute approximate surface area is 135 Å². The van der Waals surface area contributed by atoms with Crippen LogP contribution in [0.4, 0.5) is 0 Å². The number of hydrogen-bond acceptors (Lipinski definition) is 3.